The molecule has 0 heterocycles. The largest absolute Gasteiger partial charge is 0.756 e. The van der Waals surface area contributed by atoms with Gasteiger partial charge in [0.25, 0.3) is 7.82 Å². The Hall–Kier alpha value is -0.760. The lowest BCUT2D eigenvalue weighted by atomic mass is 10.0. The van der Waals surface area contributed by atoms with Crippen LogP contribution in [-0.2, 0) is 18.4 Å². The fourth-order valence-corrected chi connectivity index (χ4v) is 9.64. The first-order valence-electron chi connectivity index (χ1n) is 29.0. The van der Waals surface area contributed by atoms with Gasteiger partial charge in [0.05, 0.1) is 39.9 Å². The van der Waals surface area contributed by atoms with E-state index in [9.17, 15) is 19.4 Å². The molecule has 0 fully saturated rings. The van der Waals surface area contributed by atoms with Crippen molar-refractivity contribution in [2.24, 2.45) is 0 Å². The number of phosphoric acid groups is 1. The molecule has 0 radical (unpaired) electrons. The monoisotopic (exact) mass is 955 g/mol. The number of aliphatic hydroxyl groups is 1. The average molecular weight is 956 g/mol. The van der Waals surface area contributed by atoms with Gasteiger partial charge in [-0.15, -0.1) is 0 Å². The summed E-state index contributed by atoms with van der Waals surface area (Å²) >= 11 is 0. The quantitative estimate of drug-likeness (QED) is 0.0272. The summed E-state index contributed by atoms with van der Waals surface area (Å²) in [6, 6.07) is -0.802. The maximum absolute atomic E-state index is 12.9. The van der Waals surface area contributed by atoms with Crippen molar-refractivity contribution in [3.63, 3.8) is 0 Å². The first-order valence-corrected chi connectivity index (χ1v) is 30.5. The highest BCUT2D eigenvalue weighted by Gasteiger charge is 2.24. The van der Waals surface area contributed by atoms with Gasteiger partial charge in [-0.1, -0.05) is 264 Å². The summed E-state index contributed by atoms with van der Waals surface area (Å²) in [4.78, 5) is 25.5. The van der Waals surface area contributed by atoms with E-state index in [0.717, 1.165) is 51.4 Å². The van der Waals surface area contributed by atoms with E-state index < -0.39 is 20.0 Å². The number of hydrogen-bond acceptors (Lipinski definition) is 6. The number of quaternary nitrogens is 1. The normalized spacial score (nSPS) is 14.0. The second-order valence-electron chi connectivity index (χ2n) is 21.4. The van der Waals surface area contributed by atoms with E-state index in [1.165, 1.54) is 218 Å². The zero-order valence-corrected chi connectivity index (χ0v) is 45.8. The standard InChI is InChI=1S/C57H115N2O6P/c1-6-8-10-12-14-16-18-20-22-23-24-25-26-27-28-29-30-31-32-33-34-35-37-38-40-42-44-46-48-50-56(60)55(54-65-66(62,63)64-53-52-59(3,4)5)58-57(61)51-49-47-45-43-41-39-36-21-19-17-15-13-11-9-7-2/h21,36,55-56,60H,6-20,22-35,37-54H2,1-5H3,(H-,58,61,62,63)/b36-21-. The molecular weight excluding hydrogens is 840 g/mol. The van der Waals surface area contributed by atoms with Gasteiger partial charge in [0.15, 0.2) is 0 Å². The van der Waals surface area contributed by atoms with E-state index in [4.69, 9.17) is 9.05 Å². The number of allylic oxidation sites excluding steroid dienone is 2. The van der Waals surface area contributed by atoms with Crippen molar-refractivity contribution < 1.29 is 32.9 Å². The predicted octanol–water partition coefficient (Wildman–Crippen LogP) is 16.8. The number of likely N-dealkylation sites (N-methyl/N-ethyl adjacent to an activating group) is 1. The molecule has 8 nitrogen and oxygen atoms in total. The Morgan fingerprint density at radius 2 is 0.833 bits per heavy atom. The van der Waals surface area contributed by atoms with Gasteiger partial charge >= 0.3 is 0 Å². The van der Waals surface area contributed by atoms with Gasteiger partial charge in [-0.3, -0.25) is 9.36 Å². The second-order valence-corrected chi connectivity index (χ2v) is 22.8. The third kappa shape index (κ3) is 51.1. The van der Waals surface area contributed by atoms with Gasteiger partial charge in [-0.25, -0.2) is 0 Å². The minimum atomic E-state index is -4.57. The topological polar surface area (TPSA) is 108 Å². The Bertz CT molecular complexity index is 1080. The molecule has 0 saturated carbocycles. The van der Waals surface area contributed by atoms with E-state index in [1.54, 1.807) is 0 Å². The van der Waals surface area contributed by atoms with Crippen molar-refractivity contribution in [3.8, 4) is 0 Å². The molecule has 0 aliphatic heterocycles. The summed E-state index contributed by atoms with van der Waals surface area (Å²) in [6.45, 7) is 4.75. The van der Waals surface area contributed by atoms with E-state index in [2.05, 4.69) is 31.3 Å². The van der Waals surface area contributed by atoms with E-state index >= 15 is 0 Å². The smallest absolute Gasteiger partial charge is 0.268 e. The first kappa shape index (κ1) is 65.2. The van der Waals surface area contributed by atoms with Crippen LogP contribution in [0.25, 0.3) is 0 Å². The summed E-state index contributed by atoms with van der Waals surface area (Å²) in [5.74, 6) is -0.169. The Morgan fingerprint density at radius 3 is 1.18 bits per heavy atom. The van der Waals surface area contributed by atoms with Gasteiger partial charge in [-0.05, 0) is 38.5 Å². The van der Waals surface area contributed by atoms with Crippen LogP contribution in [0.5, 0.6) is 0 Å². The first-order chi connectivity index (χ1) is 32.0. The van der Waals surface area contributed by atoms with Crippen LogP contribution in [0.2, 0.25) is 0 Å². The van der Waals surface area contributed by atoms with Crippen LogP contribution in [0, 0.1) is 0 Å². The van der Waals surface area contributed by atoms with Crippen LogP contribution in [0.4, 0.5) is 0 Å². The minimum Gasteiger partial charge on any atom is -0.756 e. The molecule has 2 N–H and O–H groups in total. The fraction of sp³-hybridized carbons (Fsp3) is 0.947. The third-order valence-electron chi connectivity index (χ3n) is 13.5. The van der Waals surface area contributed by atoms with Gasteiger partial charge in [-0.2, -0.15) is 0 Å². The number of carbonyl (C=O) groups is 1. The van der Waals surface area contributed by atoms with Crippen molar-refractivity contribution in [1.29, 1.82) is 0 Å². The Kier molecular flexibility index (Phi) is 48.7. The van der Waals surface area contributed by atoms with E-state index in [1.807, 2.05) is 21.1 Å². The molecule has 394 valence electrons. The van der Waals surface area contributed by atoms with Crippen molar-refractivity contribution in [3.05, 3.63) is 12.2 Å². The molecule has 3 atom stereocenters. The molecule has 0 saturated heterocycles. The highest BCUT2D eigenvalue weighted by molar-refractivity contribution is 7.45. The van der Waals surface area contributed by atoms with Gasteiger partial charge in [0.1, 0.15) is 13.2 Å². The lowest BCUT2D eigenvalue weighted by Gasteiger charge is -2.30. The number of phosphoric ester groups is 1. The lowest BCUT2D eigenvalue weighted by Crippen LogP contribution is -2.46. The Morgan fingerprint density at radius 1 is 0.515 bits per heavy atom. The number of unbranched alkanes of at least 4 members (excludes halogenated alkanes) is 39. The number of rotatable bonds is 54. The number of nitrogens with one attached hydrogen (secondary N) is 1. The lowest BCUT2D eigenvalue weighted by molar-refractivity contribution is -0.870. The molecule has 1 amide bonds. The molecule has 9 heteroatoms. The molecule has 66 heavy (non-hydrogen) atoms. The molecule has 3 unspecified atom stereocenters. The van der Waals surface area contributed by atoms with Crippen LogP contribution < -0.4 is 10.2 Å². The molecule has 0 aromatic carbocycles. The number of amides is 1. The highest BCUT2D eigenvalue weighted by atomic mass is 31.2. The van der Waals surface area contributed by atoms with Crippen LogP contribution in [-0.4, -0.2) is 68.5 Å². The molecule has 0 bridgehead atoms. The summed E-state index contributed by atoms with van der Waals surface area (Å²) in [6.07, 6.45) is 59.7. The SMILES string of the molecule is CCCCCCCC/C=C\CCCCCCCC(=O)NC(COP(=O)([O-])OCC[N+](C)(C)C)C(O)CCCCCCCCCCCCCCCCCCCCCCCCCCCCCCC. The van der Waals surface area contributed by atoms with E-state index in [-0.39, 0.29) is 19.1 Å². The highest BCUT2D eigenvalue weighted by Crippen LogP contribution is 2.38. The number of hydrogen-bond donors (Lipinski definition) is 2. The Labute approximate surface area is 412 Å². The number of carbonyl (C=O) groups excluding carboxylic acids is 1. The molecule has 0 spiro atoms. The third-order valence-corrected chi connectivity index (χ3v) is 14.5. The molecule has 0 rings (SSSR count). The zero-order chi connectivity index (χ0) is 48.5. The van der Waals surface area contributed by atoms with Crippen molar-refractivity contribution in [2.45, 2.75) is 309 Å². The van der Waals surface area contributed by atoms with Crippen LogP contribution in [0.1, 0.15) is 296 Å². The van der Waals surface area contributed by atoms with Crippen LogP contribution >= 0.6 is 7.82 Å². The van der Waals surface area contributed by atoms with Crippen molar-refractivity contribution in [1.82, 2.24) is 5.32 Å². The fourth-order valence-electron chi connectivity index (χ4n) is 8.92. The molecule has 0 aromatic rings. The maximum atomic E-state index is 12.9. The molecule has 0 aliphatic carbocycles. The minimum absolute atomic E-state index is 0.0129. The summed E-state index contributed by atoms with van der Waals surface area (Å²) in [5, 5.41) is 14.0. The van der Waals surface area contributed by atoms with Gasteiger partial charge in [0, 0.05) is 6.42 Å². The molecule has 0 aliphatic rings. The summed E-state index contributed by atoms with van der Waals surface area (Å²) in [5.41, 5.74) is 0. The zero-order valence-electron chi connectivity index (χ0n) is 44.9. The van der Waals surface area contributed by atoms with Crippen molar-refractivity contribution in [2.75, 3.05) is 40.9 Å². The number of aliphatic hydroxyl groups excluding tert-OH is 1. The van der Waals surface area contributed by atoms with Crippen molar-refractivity contribution >= 4 is 13.7 Å². The van der Waals surface area contributed by atoms with E-state index in [0.29, 0.717) is 23.9 Å². The van der Waals surface area contributed by atoms with Gasteiger partial charge < -0.3 is 28.8 Å². The molecular formula is C57H115N2O6P. The van der Waals surface area contributed by atoms with Crippen LogP contribution in [0.3, 0.4) is 0 Å². The number of nitrogens with zero attached hydrogens (tertiary/aromatic N) is 1. The van der Waals surface area contributed by atoms with Crippen LogP contribution in [0.15, 0.2) is 12.2 Å². The summed E-state index contributed by atoms with van der Waals surface area (Å²) in [7, 11) is 1.31. The average Bonchev–Trinajstić information content (AvgIpc) is 3.28. The Balaban J connectivity index is 4.06. The second kappa shape index (κ2) is 49.2. The maximum Gasteiger partial charge on any atom is 0.268 e. The van der Waals surface area contributed by atoms with Gasteiger partial charge in [0.2, 0.25) is 5.91 Å². The predicted molar refractivity (Wildman–Crippen MR) is 284 cm³/mol. The summed E-state index contributed by atoms with van der Waals surface area (Å²) < 4.78 is 23.4. The molecule has 0 aromatic heterocycles.